The number of piperidine rings is 3. The van der Waals surface area contributed by atoms with Crippen molar-refractivity contribution in [3.8, 4) is 0 Å². The highest BCUT2D eigenvalue weighted by Gasteiger charge is 2.59. The second-order valence-electron chi connectivity index (χ2n) is 14.7. The Morgan fingerprint density at radius 1 is 0.833 bits per heavy atom. The van der Waals surface area contributed by atoms with Crippen molar-refractivity contribution in [2.24, 2.45) is 41.4 Å². The van der Waals surface area contributed by atoms with E-state index in [1.54, 1.807) is 5.56 Å². The third kappa shape index (κ3) is 3.19. The van der Waals surface area contributed by atoms with E-state index in [0.717, 1.165) is 41.4 Å². The van der Waals surface area contributed by atoms with Gasteiger partial charge in [0.25, 0.3) is 0 Å². The minimum Gasteiger partial charge on any atom is -0.311 e. The maximum atomic E-state index is 5.23. The van der Waals surface area contributed by atoms with Gasteiger partial charge in [-0.15, -0.1) is 0 Å². The van der Waals surface area contributed by atoms with E-state index in [-0.39, 0.29) is 5.54 Å². The summed E-state index contributed by atoms with van der Waals surface area (Å²) in [6, 6.07) is 3.80. The molecule has 4 heterocycles. The van der Waals surface area contributed by atoms with Crippen LogP contribution in [0.4, 0.5) is 0 Å². The normalized spacial score (nSPS) is 51.3. The van der Waals surface area contributed by atoms with Crippen LogP contribution in [0.1, 0.15) is 107 Å². The van der Waals surface area contributed by atoms with Crippen LogP contribution in [0, 0.1) is 41.4 Å². The topological polar surface area (TPSA) is 49.0 Å². The first-order valence-electron chi connectivity index (χ1n) is 15.8. The maximum Gasteiger partial charge on any atom is 0.0486 e. The van der Waals surface area contributed by atoms with Gasteiger partial charge in [0.05, 0.1) is 0 Å². The molecule has 3 saturated heterocycles. The van der Waals surface area contributed by atoms with Crippen molar-refractivity contribution in [1.29, 1.82) is 0 Å². The lowest BCUT2D eigenvalue weighted by Crippen LogP contribution is -2.72. The molecular formula is C32H48N4. The van der Waals surface area contributed by atoms with Crippen LogP contribution in [-0.4, -0.2) is 29.7 Å². The molecule has 7 aliphatic rings. The molecule has 0 radical (unpaired) electrons. The molecule has 0 aromatic carbocycles. The molecule has 6 fully saturated rings. The fraction of sp³-hybridized carbons (Fsp3) is 0.844. The van der Waals surface area contributed by atoms with Crippen LogP contribution >= 0.6 is 0 Å². The minimum absolute atomic E-state index is 0.199. The monoisotopic (exact) mass is 488 g/mol. The van der Waals surface area contributed by atoms with Crippen LogP contribution in [0.2, 0.25) is 0 Å². The number of nitrogens with zero attached hydrogens (tertiary/aromatic N) is 1. The zero-order valence-corrected chi connectivity index (χ0v) is 22.7. The van der Waals surface area contributed by atoms with Crippen molar-refractivity contribution in [3.63, 3.8) is 0 Å². The highest BCUT2D eigenvalue weighted by Crippen LogP contribution is 2.58. The van der Waals surface area contributed by atoms with Crippen LogP contribution in [0.25, 0.3) is 0 Å². The molecule has 3 aliphatic heterocycles. The van der Waals surface area contributed by atoms with E-state index >= 15 is 0 Å². The average molecular weight is 489 g/mol. The lowest BCUT2D eigenvalue weighted by atomic mass is 9.48. The first-order chi connectivity index (χ1) is 17.6. The van der Waals surface area contributed by atoms with Crippen molar-refractivity contribution in [3.05, 3.63) is 29.1 Å². The third-order valence-electron chi connectivity index (χ3n) is 12.7. The molecule has 3 N–H and O–H groups in total. The van der Waals surface area contributed by atoms with Gasteiger partial charge in [-0.05, 0) is 149 Å². The van der Waals surface area contributed by atoms with Gasteiger partial charge in [0, 0.05) is 35.1 Å². The molecule has 0 unspecified atom stereocenters. The van der Waals surface area contributed by atoms with E-state index in [1.165, 1.54) is 101 Å². The Labute approximate surface area is 218 Å². The van der Waals surface area contributed by atoms with E-state index < -0.39 is 0 Å². The van der Waals surface area contributed by atoms with Crippen LogP contribution in [0.5, 0.6) is 0 Å². The van der Waals surface area contributed by atoms with Gasteiger partial charge >= 0.3 is 0 Å². The van der Waals surface area contributed by atoms with Crippen LogP contribution in [0.15, 0.2) is 12.3 Å². The highest BCUT2D eigenvalue weighted by atomic mass is 15.1. The van der Waals surface area contributed by atoms with E-state index in [9.17, 15) is 0 Å². The summed E-state index contributed by atoms with van der Waals surface area (Å²) in [6.07, 6.45) is 18.8. The molecule has 4 heteroatoms. The van der Waals surface area contributed by atoms with E-state index in [2.05, 4.69) is 42.1 Å². The van der Waals surface area contributed by atoms with Gasteiger partial charge < -0.3 is 16.0 Å². The van der Waals surface area contributed by atoms with E-state index in [1.807, 2.05) is 0 Å². The Bertz CT molecular complexity index is 1020. The highest BCUT2D eigenvalue weighted by molar-refractivity contribution is 5.39. The van der Waals surface area contributed by atoms with Gasteiger partial charge in [0.1, 0.15) is 0 Å². The number of hydrogen-bond acceptors (Lipinski definition) is 4. The summed E-state index contributed by atoms with van der Waals surface area (Å²) in [5.74, 6) is 6.03. The van der Waals surface area contributed by atoms with Gasteiger partial charge in [-0.3, -0.25) is 4.98 Å². The van der Waals surface area contributed by atoms with Crippen LogP contribution in [-0.2, 0) is 12.0 Å². The predicted octanol–water partition coefficient (Wildman–Crippen LogP) is 5.48. The fourth-order valence-electron chi connectivity index (χ4n) is 11.8. The molecule has 36 heavy (non-hydrogen) atoms. The summed E-state index contributed by atoms with van der Waals surface area (Å²) in [7, 11) is 0. The Kier molecular flexibility index (Phi) is 5.27. The van der Waals surface area contributed by atoms with Crippen molar-refractivity contribution >= 4 is 0 Å². The van der Waals surface area contributed by atoms with E-state index in [4.69, 9.17) is 4.98 Å². The maximum absolute atomic E-state index is 5.23. The molecule has 3 saturated carbocycles. The fourth-order valence-corrected chi connectivity index (χ4v) is 11.8. The molecule has 0 spiro atoms. The van der Waals surface area contributed by atoms with Crippen LogP contribution < -0.4 is 16.0 Å². The lowest BCUT2D eigenvalue weighted by Gasteiger charge is -2.64. The summed E-state index contributed by atoms with van der Waals surface area (Å²) >= 11 is 0. The van der Waals surface area contributed by atoms with Crippen molar-refractivity contribution in [2.75, 3.05) is 13.1 Å². The summed E-state index contributed by atoms with van der Waals surface area (Å²) in [5.41, 5.74) is 5.12. The molecule has 0 amide bonds. The summed E-state index contributed by atoms with van der Waals surface area (Å²) < 4.78 is 0. The number of rotatable bonds is 1. The van der Waals surface area contributed by atoms with Gasteiger partial charge in [0.15, 0.2) is 0 Å². The number of nitrogens with one attached hydrogen (secondary N) is 3. The minimum atomic E-state index is 0.199. The molecule has 1 aromatic rings. The summed E-state index contributed by atoms with van der Waals surface area (Å²) in [5, 5.41) is 12.6. The predicted molar refractivity (Wildman–Crippen MR) is 145 cm³/mol. The lowest BCUT2D eigenvalue weighted by molar-refractivity contribution is -0.0867. The first-order valence-corrected chi connectivity index (χ1v) is 15.8. The summed E-state index contributed by atoms with van der Waals surface area (Å²) in [4.78, 5) is 5.23. The standard InChI is InChI=1S/C32H48N4/c1-19-12-22-15-30-26(31(16-19)24(22)5-3-9-34-31)7-8-28(36-30)23-13-27-29(33-18-23)14-21-11-20(2)17-32(27)25(21)6-4-10-35-32/h13,18-22,24-26,28,30,34-36H,3-12,14-17H2,1-2H3/t19-,20-,21+,22+,24-,25-,26+,28+,30+,31-,32-/m1/s1. The van der Waals surface area contributed by atoms with Gasteiger partial charge in [-0.1, -0.05) is 13.8 Å². The summed E-state index contributed by atoms with van der Waals surface area (Å²) in [6.45, 7) is 7.45. The number of aromatic nitrogens is 1. The molecule has 1 aromatic heterocycles. The zero-order chi connectivity index (χ0) is 24.1. The second-order valence-corrected chi connectivity index (χ2v) is 14.7. The Morgan fingerprint density at radius 2 is 1.64 bits per heavy atom. The van der Waals surface area contributed by atoms with Crippen molar-refractivity contribution in [2.45, 2.75) is 114 Å². The smallest absolute Gasteiger partial charge is 0.0486 e. The SMILES string of the molecule is C[C@@H]1C[C@H]2C[C@@H]3N[C@H](c4cnc5c(c4)[C@@]46C[C@H](C)C[C@@H](C5)[C@H]4CCCN6)CC[C@@H]3[C@]3(C1)NCCC[C@H]23. The van der Waals surface area contributed by atoms with Crippen molar-refractivity contribution < 1.29 is 0 Å². The first kappa shape index (κ1) is 23.0. The zero-order valence-electron chi connectivity index (χ0n) is 22.7. The molecule has 196 valence electrons. The molecule has 4 aliphatic carbocycles. The largest absolute Gasteiger partial charge is 0.311 e. The van der Waals surface area contributed by atoms with E-state index in [0.29, 0.717) is 17.6 Å². The Morgan fingerprint density at radius 3 is 2.56 bits per heavy atom. The molecule has 4 bridgehead atoms. The number of pyridine rings is 1. The molecule has 4 nitrogen and oxygen atoms in total. The molecule has 11 atom stereocenters. The quantitative estimate of drug-likeness (QED) is 0.490. The average Bonchev–Trinajstić information content (AvgIpc) is 2.87. The van der Waals surface area contributed by atoms with Gasteiger partial charge in [-0.2, -0.15) is 0 Å². The van der Waals surface area contributed by atoms with Crippen molar-refractivity contribution in [1.82, 2.24) is 20.9 Å². The molecule has 8 rings (SSSR count). The number of fused-ring (bicyclic) bond motifs is 2. The van der Waals surface area contributed by atoms with Crippen LogP contribution in [0.3, 0.4) is 0 Å². The van der Waals surface area contributed by atoms with Gasteiger partial charge in [0.2, 0.25) is 0 Å². The second kappa shape index (κ2) is 8.26. The number of hydrogen-bond donors (Lipinski definition) is 3. The Hall–Kier alpha value is -0.970. The molecular weight excluding hydrogens is 440 g/mol. The Balaban J connectivity index is 1.10. The third-order valence-corrected chi connectivity index (χ3v) is 12.7. The van der Waals surface area contributed by atoms with Gasteiger partial charge in [-0.25, -0.2) is 0 Å².